The van der Waals surface area contributed by atoms with Gasteiger partial charge in [0.15, 0.2) is 12.6 Å². The summed E-state index contributed by atoms with van der Waals surface area (Å²) in [6.07, 6.45) is 84.4. The molecule has 2 aliphatic rings. The zero-order chi connectivity index (χ0) is 71.5. The zero-order valence-electron chi connectivity index (χ0n) is 61.9. The number of nitrogens with one attached hydrogen (secondary N) is 1. The number of amides is 1. The fourth-order valence-electron chi connectivity index (χ4n) is 12.1. The first-order valence-electron chi connectivity index (χ1n) is 39.6. The summed E-state index contributed by atoms with van der Waals surface area (Å²) in [4.78, 5) is 13.4. The summed E-state index contributed by atoms with van der Waals surface area (Å²) in [5, 5.41) is 87.8. The number of aliphatic hydroxyl groups excluding tert-OH is 8. The predicted octanol–water partition coefficient (Wildman–Crippen LogP) is 18.0. The second-order valence-electron chi connectivity index (χ2n) is 27.1. The van der Waals surface area contributed by atoms with Crippen molar-refractivity contribution in [2.24, 2.45) is 0 Å². The molecule has 0 spiro atoms. The highest BCUT2D eigenvalue weighted by Gasteiger charge is 2.51. The molecule has 566 valence electrons. The van der Waals surface area contributed by atoms with Crippen LogP contribution in [0.2, 0.25) is 0 Å². The van der Waals surface area contributed by atoms with Gasteiger partial charge >= 0.3 is 0 Å². The number of hydrogen-bond acceptors (Lipinski definition) is 13. The zero-order valence-corrected chi connectivity index (χ0v) is 61.9. The summed E-state index contributed by atoms with van der Waals surface area (Å²) >= 11 is 0. The van der Waals surface area contributed by atoms with E-state index >= 15 is 0 Å². The van der Waals surface area contributed by atoms with Crippen molar-refractivity contribution in [3.63, 3.8) is 0 Å². The molecule has 12 unspecified atom stereocenters. The number of hydrogen-bond donors (Lipinski definition) is 9. The van der Waals surface area contributed by atoms with E-state index in [0.717, 1.165) is 128 Å². The molecule has 0 aromatic carbocycles. The lowest BCUT2D eigenvalue weighted by Crippen LogP contribution is -2.65. The molecule has 0 aromatic rings. The van der Waals surface area contributed by atoms with E-state index in [0.29, 0.717) is 12.8 Å². The smallest absolute Gasteiger partial charge is 0.220 e. The minimum atomic E-state index is -1.79. The fraction of sp³-hybridized carbons (Fsp3) is 0.706. The van der Waals surface area contributed by atoms with Crippen LogP contribution in [-0.4, -0.2) is 140 Å². The summed E-state index contributed by atoms with van der Waals surface area (Å²) in [5.41, 5.74) is 0. The summed E-state index contributed by atoms with van der Waals surface area (Å²) in [6.45, 7) is 2.75. The Morgan fingerprint density at radius 2 is 0.697 bits per heavy atom. The molecule has 0 aromatic heterocycles. The lowest BCUT2D eigenvalue weighted by molar-refractivity contribution is -0.359. The molecule has 0 aliphatic carbocycles. The van der Waals surface area contributed by atoms with Crippen LogP contribution in [0.25, 0.3) is 0 Å². The normalized spacial score (nSPS) is 22.8. The first kappa shape index (κ1) is 91.0. The van der Waals surface area contributed by atoms with Crippen LogP contribution < -0.4 is 5.32 Å². The molecule has 2 saturated heterocycles. The van der Waals surface area contributed by atoms with Gasteiger partial charge in [-0.25, -0.2) is 0 Å². The molecule has 99 heavy (non-hydrogen) atoms. The van der Waals surface area contributed by atoms with E-state index in [9.17, 15) is 45.6 Å². The quantitative estimate of drug-likeness (QED) is 0.0204. The van der Waals surface area contributed by atoms with Crippen molar-refractivity contribution in [2.45, 2.75) is 364 Å². The monoisotopic (exact) mass is 1390 g/mol. The summed E-state index contributed by atoms with van der Waals surface area (Å²) in [5.74, 6) is -0.234. The number of carbonyl (C=O) groups excluding carboxylic acids is 1. The van der Waals surface area contributed by atoms with Crippen molar-refractivity contribution in [3.05, 3.63) is 146 Å². The van der Waals surface area contributed by atoms with Crippen LogP contribution in [0.5, 0.6) is 0 Å². The van der Waals surface area contributed by atoms with Gasteiger partial charge < -0.3 is 65.1 Å². The van der Waals surface area contributed by atoms with Crippen LogP contribution in [-0.2, 0) is 23.7 Å². The second kappa shape index (κ2) is 67.1. The van der Waals surface area contributed by atoms with Crippen molar-refractivity contribution in [3.8, 4) is 0 Å². The average Bonchev–Trinajstić information content (AvgIpc) is 0.799. The maximum atomic E-state index is 13.4. The van der Waals surface area contributed by atoms with Gasteiger partial charge in [-0.15, -0.1) is 0 Å². The van der Waals surface area contributed by atoms with Crippen LogP contribution in [0.15, 0.2) is 146 Å². The molecule has 14 nitrogen and oxygen atoms in total. The molecule has 0 bridgehead atoms. The molecule has 2 aliphatic heterocycles. The molecule has 14 heteroatoms. The van der Waals surface area contributed by atoms with Gasteiger partial charge in [0.1, 0.15) is 48.8 Å². The Morgan fingerprint density at radius 3 is 1.07 bits per heavy atom. The summed E-state index contributed by atoms with van der Waals surface area (Å²) in [6, 6.07) is -0.855. The Balaban J connectivity index is 1.64. The maximum Gasteiger partial charge on any atom is 0.220 e. The summed E-state index contributed by atoms with van der Waals surface area (Å²) < 4.78 is 22.9. The second-order valence-corrected chi connectivity index (χ2v) is 27.1. The third kappa shape index (κ3) is 50.0. The maximum absolute atomic E-state index is 13.4. The van der Waals surface area contributed by atoms with Crippen molar-refractivity contribution < 1.29 is 64.6 Å². The van der Waals surface area contributed by atoms with Crippen LogP contribution >= 0.6 is 0 Å². The average molecular weight is 1390 g/mol. The molecule has 1 amide bonds. The molecule has 2 rings (SSSR count). The highest BCUT2D eigenvalue weighted by Crippen LogP contribution is 2.30. The fourth-order valence-corrected chi connectivity index (χ4v) is 12.1. The Kier molecular flexibility index (Phi) is 61.6. The van der Waals surface area contributed by atoms with E-state index in [1.165, 1.54) is 128 Å². The Hall–Kier alpha value is -4.13. The number of ether oxygens (including phenoxy) is 4. The first-order valence-corrected chi connectivity index (χ1v) is 39.6. The lowest BCUT2D eigenvalue weighted by atomic mass is 9.97. The molecule has 12 atom stereocenters. The Morgan fingerprint density at radius 1 is 0.374 bits per heavy atom. The molecule has 0 saturated carbocycles. The lowest BCUT2D eigenvalue weighted by Gasteiger charge is -2.46. The molecular weight excluding hydrogens is 1240 g/mol. The van der Waals surface area contributed by atoms with Gasteiger partial charge in [-0.2, -0.15) is 0 Å². The van der Waals surface area contributed by atoms with Crippen molar-refractivity contribution >= 4 is 5.91 Å². The van der Waals surface area contributed by atoms with Crippen LogP contribution in [0.3, 0.4) is 0 Å². The van der Waals surface area contributed by atoms with Crippen LogP contribution in [0, 0.1) is 0 Å². The van der Waals surface area contributed by atoms with E-state index < -0.39 is 86.8 Å². The summed E-state index contributed by atoms with van der Waals surface area (Å²) in [7, 11) is 0. The molecule has 9 N–H and O–H groups in total. The first-order chi connectivity index (χ1) is 48.6. The van der Waals surface area contributed by atoms with E-state index in [1.807, 2.05) is 0 Å². The SMILES string of the molecule is CC/C=C\C/C=C\C/C=C\C/C=C\C/C=C\C/C=C\C/C=C\C/C=C\C/C=C\C/C=C\C/C=C\C/C=C\CCCCCCC(=O)NC(COC1OC(CO)C(OC2OC(CO)C(O)C(O)C2O)C(O)C1O)C(O)CCCCCCCCCCCCCCCCCCCCCCCCCC. The van der Waals surface area contributed by atoms with Gasteiger partial charge in [-0.1, -0.05) is 327 Å². The van der Waals surface area contributed by atoms with Crippen molar-refractivity contribution in [1.82, 2.24) is 5.32 Å². The molecular formula is C85H143NO13. The largest absolute Gasteiger partial charge is 0.394 e. The number of unbranched alkanes of at least 4 members (excludes halogenated alkanes) is 27. The number of allylic oxidation sites excluding steroid dienone is 24. The van der Waals surface area contributed by atoms with Gasteiger partial charge in [0, 0.05) is 6.42 Å². The van der Waals surface area contributed by atoms with Crippen molar-refractivity contribution in [1.29, 1.82) is 0 Å². The van der Waals surface area contributed by atoms with E-state index in [2.05, 4.69) is 165 Å². The molecule has 2 heterocycles. The third-order valence-corrected chi connectivity index (χ3v) is 18.3. The van der Waals surface area contributed by atoms with E-state index in [4.69, 9.17) is 18.9 Å². The number of rotatable bonds is 64. The van der Waals surface area contributed by atoms with Crippen molar-refractivity contribution in [2.75, 3.05) is 19.8 Å². The van der Waals surface area contributed by atoms with Crippen LogP contribution in [0.4, 0.5) is 0 Å². The minimum absolute atomic E-state index is 0.234. The topological polar surface area (TPSA) is 228 Å². The highest BCUT2D eigenvalue weighted by atomic mass is 16.7. The third-order valence-electron chi connectivity index (χ3n) is 18.3. The van der Waals surface area contributed by atoms with Gasteiger partial charge in [0.25, 0.3) is 0 Å². The van der Waals surface area contributed by atoms with Gasteiger partial charge in [0.05, 0.1) is 32.0 Å². The highest BCUT2D eigenvalue weighted by molar-refractivity contribution is 5.76. The standard InChI is InChI=1S/C85H143NO13/c1-3-5-7-9-11-13-15-17-19-21-23-25-27-29-30-31-32-33-34-35-36-37-38-39-40-41-42-43-44-45-47-49-51-53-55-57-59-61-63-65-67-69-77(90)86-73(72-96-84-82(95)80(93)83(76(71-88)98-84)99-85-81(94)79(92)78(91)75(70-87)97-85)74(89)68-66-64-62-60-58-56-54-52-50-48-46-28-26-24-22-20-18-16-14-12-10-8-6-4-2/h5,7,11,13,17,19,23,25,29-30,32-33,35-36,38-39,41-42,44-45,49,51,55,57,73-76,78-85,87-89,91-95H,3-4,6,8-10,12,14-16,18,20-22,24,26-28,31,34,37,40,43,46-48,50,52-54,56,58-72H2,1-2H3,(H,86,90)/b7-5-,13-11-,19-17-,25-23-,30-29-,33-32-,36-35-,39-38-,42-41-,45-44-,51-49-,57-55-. The predicted molar refractivity (Wildman–Crippen MR) is 410 cm³/mol. The molecule has 0 radical (unpaired) electrons. The van der Waals surface area contributed by atoms with Gasteiger partial charge in [-0.05, 0) is 103 Å². The Labute approximate surface area is 602 Å². The van der Waals surface area contributed by atoms with E-state index in [1.54, 1.807) is 0 Å². The van der Waals surface area contributed by atoms with Crippen LogP contribution in [0.1, 0.15) is 290 Å². The van der Waals surface area contributed by atoms with E-state index in [-0.39, 0.29) is 18.9 Å². The number of aliphatic hydroxyl groups is 8. The Bertz CT molecular complexity index is 2230. The minimum Gasteiger partial charge on any atom is -0.394 e. The van der Waals surface area contributed by atoms with Gasteiger partial charge in [0.2, 0.25) is 5.91 Å². The van der Waals surface area contributed by atoms with Gasteiger partial charge in [-0.3, -0.25) is 4.79 Å². The number of carbonyl (C=O) groups is 1. The molecule has 2 fully saturated rings.